The van der Waals surface area contributed by atoms with E-state index in [1.807, 2.05) is 9.80 Å². The molecule has 5 aliphatic rings. The van der Waals surface area contributed by atoms with Crippen LogP contribution in [0.4, 0.5) is 10.1 Å². The van der Waals surface area contributed by atoms with Crippen LogP contribution in [0.1, 0.15) is 55.8 Å². The van der Waals surface area contributed by atoms with Gasteiger partial charge in [0.15, 0.2) is 5.78 Å². The van der Waals surface area contributed by atoms with Gasteiger partial charge in [-0.3, -0.25) is 9.59 Å². The lowest BCUT2D eigenvalue weighted by Crippen LogP contribution is -2.58. The van der Waals surface area contributed by atoms with E-state index in [1.54, 1.807) is 12.1 Å². The average molecular weight is 384 g/mol. The molecule has 5 fully saturated rings. The summed E-state index contributed by atoms with van der Waals surface area (Å²) in [4.78, 5) is 29.0. The highest BCUT2D eigenvalue weighted by atomic mass is 19.1. The van der Waals surface area contributed by atoms with Gasteiger partial charge in [0.05, 0.1) is 11.1 Å². The first-order valence-electron chi connectivity index (χ1n) is 10.8. The van der Waals surface area contributed by atoms with E-state index in [4.69, 9.17) is 0 Å². The predicted molar refractivity (Wildman–Crippen MR) is 106 cm³/mol. The number of anilines is 1. The number of halogens is 1. The molecule has 4 bridgehead atoms. The normalized spacial score (nSPS) is 34.0. The Kier molecular flexibility index (Phi) is 4.25. The molecule has 0 unspecified atom stereocenters. The highest BCUT2D eigenvalue weighted by Gasteiger charge is 2.55. The smallest absolute Gasteiger partial charge is 0.228 e. The van der Waals surface area contributed by atoms with E-state index in [2.05, 4.69) is 0 Å². The summed E-state index contributed by atoms with van der Waals surface area (Å²) in [7, 11) is 0. The van der Waals surface area contributed by atoms with Crippen LogP contribution in [0, 0.1) is 29.0 Å². The van der Waals surface area contributed by atoms with Crippen molar-refractivity contribution in [2.75, 3.05) is 31.1 Å². The standard InChI is InChI=1S/C23H29FN2O2/c1-15(27)19-2-3-21(20(24)11-19)25-4-6-26(7-5-25)22(28)23-12-16-8-17(13-23)10-18(9-16)14-23/h2-3,11,16-18H,4-10,12-14H2,1H3. The van der Waals surface area contributed by atoms with E-state index < -0.39 is 0 Å². The number of rotatable bonds is 3. The molecule has 1 aromatic carbocycles. The number of carbonyl (C=O) groups is 2. The molecule has 4 nitrogen and oxygen atoms in total. The summed E-state index contributed by atoms with van der Waals surface area (Å²) in [6, 6.07) is 4.71. The largest absolute Gasteiger partial charge is 0.366 e. The fourth-order valence-electron chi connectivity index (χ4n) is 6.84. The predicted octanol–water partition coefficient (Wildman–Crippen LogP) is 3.89. The van der Waals surface area contributed by atoms with E-state index in [0.717, 1.165) is 37.0 Å². The lowest BCUT2D eigenvalue weighted by Gasteiger charge is -2.57. The van der Waals surface area contributed by atoms with Crippen molar-refractivity contribution in [1.29, 1.82) is 0 Å². The molecule has 0 radical (unpaired) electrons. The summed E-state index contributed by atoms with van der Waals surface area (Å²) in [6.07, 6.45) is 7.32. The fraction of sp³-hybridized carbons (Fsp3) is 0.652. The number of ketones is 1. The van der Waals surface area contributed by atoms with Crippen LogP contribution in [0.2, 0.25) is 0 Å². The minimum Gasteiger partial charge on any atom is -0.366 e. The van der Waals surface area contributed by atoms with Gasteiger partial charge in [-0.1, -0.05) is 0 Å². The molecule has 4 saturated carbocycles. The Hall–Kier alpha value is -1.91. The quantitative estimate of drug-likeness (QED) is 0.743. The summed E-state index contributed by atoms with van der Waals surface area (Å²) in [5.41, 5.74) is 0.842. The topological polar surface area (TPSA) is 40.6 Å². The fourth-order valence-corrected chi connectivity index (χ4v) is 6.84. The van der Waals surface area contributed by atoms with E-state index in [9.17, 15) is 14.0 Å². The summed E-state index contributed by atoms with van der Waals surface area (Å²) in [5, 5.41) is 0. The van der Waals surface area contributed by atoms with Crippen molar-refractivity contribution in [2.45, 2.75) is 45.4 Å². The zero-order valence-corrected chi connectivity index (χ0v) is 16.6. The first-order chi connectivity index (χ1) is 13.4. The van der Waals surface area contributed by atoms with Gasteiger partial charge in [-0.05, 0) is 81.4 Å². The van der Waals surface area contributed by atoms with Crippen molar-refractivity contribution in [2.24, 2.45) is 23.2 Å². The minimum absolute atomic E-state index is 0.0920. The van der Waals surface area contributed by atoms with E-state index in [-0.39, 0.29) is 17.0 Å². The molecule has 0 spiro atoms. The Morgan fingerprint density at radius 2 is 1.54 bits per heavy atom. The zero-order chi connectivity index (χ0) is 19.5. The van der Waals surface area contributed by atoms with Gasteiger partial charge in [0.1, 0.15) is 5.82 Å². The summed E-state index contributed by atoms with van der Waals surface area (Å²) in [5.74, 6) is 2.20. The van der Waals surface area contributed by atoms with E-state index in [0.29, 0.717) is 43.3 Å². The highest BCUT2D eigenvalue weighted by molar-refractivity contribution is 5.94. The third-order valence-corrected chi connectivity index (χ3v) is 7.75. The SMILES string of the molecule is CC(=O)c1ccc(N2CCN(C(=O)C34CC5CC(CC(C5)C3)C4)CC2)c(F)c1. The van der Waals surface area contributed by atoms with E-state index in [1.165, 1.54) is 32.3 Å². The summed E-state index contributed by atoms with van der Waals surface area (Å²) in [6.45, 7) is 4.06. The molecule has 0 N–H and O–H groups in total. The molecule has 1 heterocycles. The Morgan fingerprint density at radius 1 is 0.964 bits per heavy atom. The lowest BCUT2D eigenvalue weighted by molar-refractivity contribution is -0.158. The second-order valence-electron chi connectivity index (χ2n) is 9.70. The number of nitrogens with zero attached hydrogens (tertiary/aromatic N) is 2. The van der Waals surface area contributed by atoms with Crippen molar-refractivity contribution in [3.8, 4) is 0 Å². The number of hydrogen-bond donors (Lipinski definition) is 0. The molecule has 0 atom stereocenters. The van der Waals surface area contributed by atoms with Crippen molar-refractivity contribution < 1.29 is 14.0 Å². The summed E-state index contributed by atoms with van der Waals surface area (Å²) < 4.78 is 14.5. The number of amides is 1. The number of hydrogen-bond acceptors (Lipinski definition) is 3. The molecule has 1 amide bonds. The van der Waals surface area contributed by atoms with Crippen molar-refractivity contribution >= 4 is 17.4 Å². The number of benzene rings is 1. The monoisotopic (exact) mass is 384 g/mol. The van der Waals surface area contributed by atoms with Gasteiger partial charge < -0.3 is 9.80 Å². The van der Waals surface area contributed by atoms with Crippen LogP contribution < -0.4 is 4.90 Å². The molecule has 1 aromatic rings. The first kappa shape index (κ1) is 18.1. The Morgan fingerprint density at radius 3 is 2.04 bits per heavy atom. The molecular formula is C23H29FN2O2. The van der Waals surface area contributed by atoms with Gasteiger partial charge in [-0.15, -0.1) is 0 Å². The molecule has 5 heteroatoms. The molecule has 1 saturated heterocycles. The molecule has 150 valence electrons. The molecule has 6 rings (SSSR count). The molecule has 0 aromatic heterocycles. The minimum atomic E-state index is -0.353. The number of Topliss-reactive ketones (excluding diaryl/α,β-unsaturated/α-hetero) is 1. The van der Waals surface area contributed by atoms with Crippen LogP contribution in [0.5, 0.6) is 0 Å². The zero-order valence-electron chi connectivity index (χ0n) is 16.6. The van der Waals surface area contributed by atoms with Gasteiger partial charge in [0, 0.05) is 31.7 Å². The second-order valence-corrected chi connectivity index (χ2v) is 9.70. The van der Waals surface area contributed by atoms with E-state index >= 15 is 0 Å². The van der Waals surface area contributed by atoms with Crippen LogP contribution >= 0.6 is 0 Å². The highest BCUT2D eigenvalue weighted by Crippen LogP contribution is 2.60. The average Bonchev–Trinajstić information content (AvgIpc) is 2.66. The maximum atomic E-state index is 14.5. The van der Waals surface area contributed by atoms with Gasteiger partial charge in [-0.2, -0.15) is 0 Å². The van der Waals surface area contributed by atoms with Crippen molar-refractivity contribution in [1.82, 2.24) is 4.90 Å². The lowest BCUT2D eigenvalue weighted by atomic mass is 9.49. The number of carbonyl (C=O) groups excluding carboxylic acids is 2. The van der Waals surface area contributed by atoms with Gasteiger partial charge >= 0.3 is 0 Å². The third kappa shape index (κ3) is 2.94. The van der Waals surface area contributed by atoms with Crippen LogP contribution in [0.3, 0.4) is 0 Å². The van der Waals surface area contributed by atoms with Gasteiger partial charge in [-0.25, -0.2) is 4.39 Å². The molecular weight excluding hydrogens is 355 g/mol. The van der Waals surface area contributed by atoms with Crippen LogP contribution in [-0.4, -0.2) is 42.8 Å². The number of piperazine rings is 1. The molecule has 1 aliphatic heterocycles. The van der Waals surface area contributed by atoms with Crippen molar-refractivity contribution in [3.63, 3.8) is 0 Å². The molecule has 4 aliphatic carbocycles. The van der Waals surface area contributed by atoms with Gasteiger partial charge in [0.25, 0.3) is 0 Å². The van der Waals surface area contributed by atoms with Crippen LogP contribution in [-0.2, 0) is 4.79 Å². The van der Waals surface area contributed by atoms with Crippen LogP contribution in [0.25, 0.3) is 0 Å². The second kappa shape index (κ2) is 6.57. The molecule has 28 heavy (non-hydrogen) atoms. The Labute approximate surface area is 166 Å². The van der Waals surface area contributed by atoms with Gasteiger partial charge in [0.2, 0.25) is 5.91 Å². The maximum absolute atomic E-state index is 14.5. The summed E-state index contributed by atoms with van der Waals surface area (Å²) >= 11 is 0. The Balaban J connectivity index is 1.26. The van der Waals surface area contributed by atoms with Crippen molar-refractivity contribution in [3.05, 3.63) is 29.6 Å². The Bertz CT molecular complexity index is 778. The first-order valence-corrected chi connectivity index (χ1v) is 10.8. The maximum Gasteiger partial charge on any atom is 0.228 e. The third-order valence-electron chi connectivity index (χ3n) is 7.75. The van der Waals surface area contributed by atoms with Crippen LogP contribution in [0.15, 0.2) is 18.2 Å².